The first-order valence-corrected chi connectivity index (χ1v) is 9.70. The lowest BCUT2D eigenvalue weighted by Crippen LogP contribution is -2.37. The van der Waals surface area contributed by atoms with Crippen LogP contribution in [0.1, 0.15) is 0 Å². The van der Waals surface area contributed by atoms with E-state index in [1.807, 2.05) is 24.3 Å². The standard InChI is InChI=1S/C23H18F2N4O/c24-19-5-1-4-17(21(19)25)15-6-7-20-18(13-15)23(29-9-11-30-12-10-29)28-22(27-20)16-3-2-8-26-14-16/h1-8,13-14H,9-12H2. The molecule has 2 aromatic heterocycles. The largest absolute Gasteiger partial charge is 0.378 e. The Hall–Kier alpha value is -3.45. The molecule has 0 atom stereocenters. The van der Waals surface area contributed by atoms with E-state index in [2.05, 4.69) is 9.88 Å². The molecule has 0 radical (unpaired) electrons. The Balaban J connectivity index is 1.71. The maximum absolute atomic E-state index is 14.4. The summed E-state index contributed by atoms with van der Waals surface area (Å²) in [5, 5.41) is 0.783. The fourth-order valence-electron chi connectivity index (χ4n) is 3.65. The smallest absolute Gasteiger partial charge is 0.166 e. The van der Waals surface area contributed by atoms with Gasteiger partial charge in [-0.3, -0.25) is 4.98 Å². The van der Waals surface area contributed by atoms with Crippen LogP contribution in [0.25, 0.3) is 33.4 Å². The van der Waals surface area contributed by atoms with Crippen molar-refractivity contribution >= 4 is 16.7 Å². The number of aromatic nitrogens is 3. The van der Waals surface area contributed by atoms with E-state index in [9.17, 15) is 8.78 Å². The molecular formula is C23H18F2N4O. The maximum atomic E-state index is 14.4. The Morgan fingerprint density at radius 2 is 1.77 bits per heavy atom. The van der Waals surface area contributed by atoms with Crippen LogP contribution in [-0.4, -0.2) is 41.3 Å². The first-order valence-electron chi connectivity index (χ1n) is 9.70. The highest BCUT2D eigenvalue weighted by Crippen LogP contribution is 2.33. The number of hydrogen-bond acceptors (Lipinski definition) is 5. The molecule has 5 nitrogen and oxygen atoms in total. The molecule has 150 valence electrons. The minimum Gasteiger partial charge on any atom is -0.378 e. The van der Waals surface area contributed by atoms with Crippen molar-refractivity contribution < 1.29 is 13.5 Å². The third kappa shape index (κ3) is 3.37. The first kappa shape index (κ1) is 18.6. The molecule has 30 heavy (non-hydrogen) atoms. The highest BCUT2D eigenvalue weighted by atomic mass is 19.2. The molecule has 1 aliphatic rings. The lowest BCUT2D eigenvalue weighted by Gasteiger charge is -2.29. The molecule has 0 unspecified atom stereocenters. The lowest BCUT2D eigenvalue weighted by atomic mass is 10.0. The fraction of sp³-hybridized carbons (Fsp3) is 0.174. The van der Waals surface area contributed by atoms with Gasteiger partial charge >= 0.3 is 0 Å². The summed E-state index contributed by atoms with van der Waals surface area (Å²) in [6.45, 7) is 2.59. The Labute approximate surface area is 172 Å². The first-order chi connectivity index (χ1) is 14.7. The summed E-state index contributed by atoms with van der Waals surface area (Å²) in [5.41, 5.74) is 2.33. The summed E-state index contributed by atoms with van der Waals surface area (Å²) in [6.07, 6.45) is 3.42. The van der Waals surface area contributed by atoms with Crippen LogP contribution in [0.2, 0.25) is 0 Å². The average molecular weight is 404 g/mol. The molecule has 5 rings (SSSR count). The summed E-state index contributed by atoms with van der Waals surface area (Å²) in [6, 6.07) is 13.3. The average Bonchev–Trinajstić information content (AvgIpc) is 2.81. The van der Waals surface area contributed by atoms with Crippen LogP contribution in [0.4, 0.5) is 14.6 Å². The van der Waals surface area contributed by atoms with Crippen molar-refractivity contribution in [1.29, 1.82) is 0 Å². The van der Waals surface area contributed by atoms with Gasteiger partial charge in [0.25, 0.3) is 0 Å². The Bertz CT molecular complexity index is 1210. The molecule has 0 amide bonds. The molecule has 1 fully saturated rings. The van der Waals surface area contributed by atoms with E-state index in [0.29, 0.717) is 37.7 Å². The summed E-state index contributed by atoms with van der Waals surface area (Å²) in [7, 11) is 0. The maximum Gasteiger partial charge on any atom is 0.166 e. The second-order valence-electron chi connectivity index (χ2n) is 7.05. The number of halogens is 2. The number of nitrogens with zero attached hydrogens (tertiary/aromatic N) is 4. The van der Waals surface area contributed by atoms with Gasteiger partial charge in [0.2, 0.25) is 0 Å². The molecule has 0 saturated carbocycles. The molecule has 1 saturated heterocycles. The van der Waals surface area contributed by atoms with E-state index in [-0.39, 0.29) is 5.56 Å². The lowest BCUT2D eigenvalue weighted by molar-refractivity contribution is 0.122. The number of rotatable bonds is 3. The van der Waals surface area contributed by atoms with Gasteiger partial charge in [-0.05, 0) is 35.9 Å². The number of pyridine rings is 1. The van der Waals surface area contributed by atoms with Crippen LogP contribution in [0, 0.1) is 11.6 Å². The number of anilines is 1. The molecule has 0 aliphatic carbocycles. The van der Waals surface area contributed by atoms with E-state index >= 15 is 0 Å². The van der Waals surface area contributed by atoms with Crippen LogP contribution in [0.15, 0.2) is 60.9 Å². The molecule has 2 aromatic carbocycles. The quantitative estimate of drug-likeness (QED) is 0.504. The van der Waals surface area contributed by atoms with Crippen LogP contribution in [0.3, 0.4) is 0 Å². The second-order valence-corrected chi connectivity index (χ2v) is 7.05. The van der Waals surface area contributed by atoms with Crippen molar-refractivity contribution in [2.75, 3.05) is 31.2 Å². The van der Waals surface area contributed by atoms with Crippen molar-refractivity contribution in [1.82, 2.24) is 15.0 Å². The van der Waals surface area contributed by atoms with Crippen molar-refractivity contribution in [3.63, 3.8) is 0 Å². The molecule has 0 bridgehead atoms. The minimum atomic E-state index is -0.871. The van der Waals surface area contributed by atoms with Crippen LogP contribution in [0.5, 0.6) is 0 Å². The van der Waals surface area contributed by atoms with Gasteiger partial charge in [-0.15, -0.1) is 0 Å². The molecule has 3 heterocycles. The Kier molecular flexibility index (Phi) is 4.80. The zero-order valence-corrected chi connectivity index (χ0v) is 16.1. The second kappa shape index (κ2) is 7.76. The zero-order valence-electron chi connectivity index (χ0n) is 16.1. The van der Waals surface area contributed by atoms with E-state index in [0.717, 1.165) is 28.4 Å². The van der Waals surface area contributed by atoms with E-state index < -0.39 is 11.6 Å². The van der Waals surface area contributed by atoms with Crippen LogP contribution >= 0.6 is 0 Å². The van der Waals surface area contributed by atoms with Crippen molar-refractivity contribution in [3.05, 3.63) is 72.6 Å². The van der Waals surface area contributed by atoms with Crippen molar-refractivity contribution in [3.8, 4) is 22.5 Å². The SMILES string of the molecule is Fc1cccc(-c2ccc3nc(-c4cccnc4)nc(N4CCOCC4)c3c2)c1F. The molecule has 4 aromatic rings. The zero-order chi connectivity index (χ0) is 20.5. The van der Waals surface area contributed by atoms with Gasteiger partial charge in [0.1, 0.15) is 5.82 Å². The van der Waals surface area contributed by atoms with Gasteiger partial charge < -0.3 is 9.64 Å². The van der Waals surface area contributed by atoms with Crippen LogP contribution in [-0.2, 0) is 4.74 Å². The molecule has 7 heteroatoms. The summed E-state index contributed by atoms with van der Waals surface area (Å²) >= 11 is 0. The van der Waals surface area contributed by atoms with Gasteiger partial charge in [0, 0.05) is 42.0 Å². The molecule has 0 N–H and O–H groups in total. The highest BCUT2D eigenvalue weighted by Gasteiger charge is 2.19. The van der Waals surface area contributed by atoms with Gasteiger partial charge in [0.05, 0.1) is 18.7 Å². The van der Waals surface area contributed by atoms with Crippen molar-refractivity contribution in [2.45, 2.75) is 0 Å². The number of hydrogen-bond donors (Lipinski definition) is 0. The normalized spacial score (nSPS) is 14.3. The van der Waals surface area contributed by atoms with E-state index in [1.165, 1.54) is 6.07 Å². The van der Waals surface area contributed by atoms with Crippen LogP contribution < -0.4 is 4.90 Å². The summed E-state index contributed by atoms with van der Waals surface area (Å²) in [5.74, 6) is -0.413. The predicted molar refractivity (Wildman–Crippen MR) is 111 cm³/mol. The fourth-order valence-corrected chi connectivity index (χ4v) is 3.65. The Morgan fingerprint density at radius 3 is 2.57 bits per heavy atom. The van der Waals surface area contributed by atoms with Gasteiger partial charge in [-0.2, -0.15) is 0 Å². The predicted octanol–water partition coefficient (Wildman–Crippen LogP) is 4.47. The number of benzene rings is 2. The van der Waals surface area contributed by atoms with E-state index in [4.69, 9.17) is 14.7 Å². The van der Waals surface area contributed by atoms with Crippen molar-refractivity contribution in [2.24, 2.45) is 0 Å². The summed E-state index contributed by atoms with van der Waals surface area (Å²) in [4.78, 5) is 15.8. The van der Waals surface area contributed by atoms with Gasteiger partial charge in [-0.25, -0.2) is 18.7 Å². The summed E-state index contributed by atoms with van der Waals surface area (Å²) < 4.78 is 33.6. The Morgan fingerprint density at radius 1 is 0.900 bits per heavy atom. The number of fused-ring (bicyclic) bond motifs is 1. The molecule has 1 aliphatic heterocycles. The van der Waals surface area contributed by atoms with Gasteiger partial charge in [-0.1, -0.05) is 18.2 Å². The molecule has 0 spiro atoms. The topological polar surface area (TPSA) is 51.1 Å². The van der Waals surface area contributed by atoms with E-state index in [1.54, 1.807) is 24.5 Å². The number of morpholine rings is 1. The monoisotopic (exact) mass is 404 g/mol. The minimum absolute atomic E-state index is 0.209. The highest BCUT2D eigenvalue weighted by molar-refractivity contribution is 5.94. The third-order valence-electron chi connectivity index (χ3n) is 5.17. The molecular weight excluding hydrogens is 386 g/mol. The number of ether oxygens (including phenoxy) is 1. The van der Waals surface area contributed by atoms with Gasteiger partial charge in [0.15, 0.2) is 17.5 Å². The third-order valence-corrected chi connectivity index (χ3v) is 5.17.